The van der Waals surface area contributed by atoms with Crippen LogP contribution in [0.5, 0.6) is 0 Å². The lowest BCUT2D eigenvalue weighted by Crippen LogP contribution is -2.60. The third kappa shape index (κ3) is 3.50. The summed E-state index contributed by atoms with van der Waals surface area (Å²) < 4.78 is 0. The molecule has 2 rings (SSSR count). The van der Waals surface area contributed by atoms with Crippen LogP contribution >= 0.6 is 0 Å². The third-order valence-electron chi connectivity index (χ3n) is 5.56. The SMILES string of the molecule is CCCCC1(CCCC)C(=O)N(C(C)N(C)C)C(=O)c2ccccc21. The summed E-state index contributed by atoms with van der Waals surface area (Å²) in [5.41, 5.74) is 1.07. The van der Waals surface area contributed by atoms with Crippen LogP contribution in [0.1, 0.15) is 75.2 Å². The van der Waals surface area contributed by atoms with Crippen molar-refractivity contribution in [2.75, 3.05) is 14.1 Å². The fourth-order valence-electron chi connectivity index (χ4n) is 3.79. The van der Waals surface area contributed by atoms with Crippen molar-refractivity contribution in [1.82, 2.24) is 9.80 Å². The molecule has 0 saturated heterocycles. The minimum atomic E-state index is -0.569. The van der Waals surface area contributed by atoms with Crippen LogP contribution in [0.15, 0.2) is 24.3 Å². The number of nitrogens with zero attached hydrogens (tertiary/aromatic N) is 2. The van der Waals surface area contributed by atoms with Crippen LogP contribution in [0.3, 0.4) is 0 Å². The maximum absolute atomic E-state index is 13.7. The molecule has 0 N–H and O–H groups in total. The van der Waals surface area contributed by atoms with Crippen LogP contribution in [0.2, 0.25) is 0 Å². The molecular formula is C21H32N2O2. The van der Waals surface area contributed by atoms with Gasteiger partial charge in [-0.1, -0.05) is 57.7 Å². The molecule has 25 heavy (non-hydrogen) atoms. The van der Waals surface area contributed by atoms with Crippen LogP contribution in [-0.2, 0) is 10.2 Å². The van der Waals surface area contributed by atoms with Gasteiger partial charge in [0.25, 0.3) is 5.91 Å². The predicted octanol–water partition coefficient (Wildman–Crippen LogP) is 4.19. The number of amides is 2. The first-order valence-electron chi connectivity index (χ1n) is 9.54. The number of carbonyl (C=O) groups is 2. The van der Waals surface area contributed by atoms with Crippen molar-refractivity contribution in [2.45, 2.75) is 70.9 Å². The lowest BCUT2D eigenvalue weighted by molar-refractivity contribution is -0.140. The van der Waals surface area contributed by atoms with E-state index in [4.69, 9.17) is 0 Å². The molecule has 1 aliphatic rings. The van der Waals surface area contributed by atoms with Crippen molar-refractivity contribution >= 4 is 11.8 Å². The monoisotopic (exact) mass is 344 g/mol. The summed E-state index contributed by atoms with van der Waals surface area (Å²) in [6.45, 7) is 6.23. The molecule has 1 heterocycles. The molecule has 0 saturated carbocycles. The smallest absolute Gasteiger partial charge is 0.262 e. The Kier molecular flexibility index (Phi) is 6.39. The van der Waals surface area contributed by atoms with Crippen LogP contribution < -0.4 is 0 Å². The molecule has 1 aliphatic heterocycles. The molecule has 4 nitrogen and oxygen atoms in total. The van der Waals surface area contributed by atoms with E-state index in [0.717, 1.165) is 44.1 Å². The van der Waals surface area contributed by atoms with Gasteiger partial charge in [-0.2, -0.15) is 0 Å². The van der Waals surface area contributed by atoms with Gasteiger partial charge in [0, 0.05) is 5.56 Å². The molecule has 0 fully saturated rings. The zero-order valence-corrected chi connectivity index (χ0v) is 16.3. The molecule has 0 aliphatic carbocycles. The van der Waals surface area contributed by atoms with Gasteiger partial charge in [0.15, 0.2) is 0 Å². The fraction of sp³-hybridized carbons (Fsp3) is 0.619. The third-order valence-corrected chi connectivity index (χ3v) is 5.56. The molecule has 4 heteroatoms. The van der Waals surface area contributed by atoms with Crippen molar-refractivity contribution in [3.05, 3.63) is 35.4 Å². The van der Waals surface area contributed by atoms with Crippen LogP contribution in [0.25, 0.3) is 0 Å². The number of carbonyl (C=O) groups excluding carboxylic acids is 2. The molecule has 1 aromatic rings. The van der Waals surface area contributed by atoms with Crippen molar-refractivity contribution in [3.8, 4) is 0 Å². The highest BCUT2D eigenvalue weighted by molar-refractivity contribution is 6.13. The molecule has 2 amide bonds. The van der Waals surface area contributed by atoms with E-state index in [1.807, 2.05) is 50.2 Å². The van der Waals surface area contributed by atoms with E-state index in [2.05, 4.69) is 13.8 Å². The van der Waals surface area contributed by atoms with Gasteiger partial charge < -0.3 is 0 Å². The zero-order chi connectivity index (χ0) is 18.6. The number of unbranched alkanes of at least 4 members (excludes halogenated alkanes) is 2. The highest BCUT2D eigenvalue weighted by Crippen LogP contribution is 2.43. The molecule has 0 aromatic heterocycles. The molecule has 1 unspecified atom stereocenters. The average Bonchev–Trinajstić information content (AvgIpc) is 2.61. The average molecular weight is 344 g/mol. The first kappa shape index (κ1) is 19.6. The van der Waals surface area contributed by atoms with Gasteiger partial charge >= 0.3 is 0 Å². The Hall–Kier alpha value is -1.68. The second-order valence-corrected chi connectivity index (χ2v) is 7.41. The Morgan fingerprint density at radius 2 is 1.60 bits per heavy atom. The number of rotatable bonds is 8. The van der Waals surface area contributed by atoms with Crippen molar-refractivity contribution in [3.63, 3.8) is 0 Å². The Morgan fingerprint density at radius 1 is 1.04 bits per heavy atom. The van der Waals surface area contributed by atoms with Gasteiger partial charge in [-0.15, -0.1) is 0 Å². The Morgan fingerprint density at radius 3 is 2.12 bits per heavy atom. The number of hydrogen-bond donors (Lipinski definition) is 0. The quantitative estimate of drug-likeness (QED) is 0.664. The van der Waals surface area contributed by atoms with E-state index in [-0.39, 0.29) is 18.0 Å². The topological polar surface area (TPSA) is 40.6 Å². The Bertz CT molecular complexity index is 616. The molecule has 138 valence electrons. The van der Waals surface area contributed by atoms with E-state index < -0.39 is 5.41 Å². The molecule has 1 atom stereocenters. The summed E-state index contributed by atoms with van der Waals surface area (Å²) in [6.07, 6.45) is 5.42. The number of fused-ring (bicyclic) bond motifs is 1. The largest absolute Gasteiger partial charge is 0.289 e. The maximum atomic E-state index is 13.7. The second kappa shape index (κ2) is 8.13. The summed E-state index contributed by atoms with van der Waals surface area (Å²) in [6, 6.07) is 7.73. The van der Waals surface area contributed by atoms with E-state index in [1.165, 1.54) is 4.90 Å². The summed E-state index contributed by atoms with van der Waals surface area (Å²) in [7, 11) is 3.82. The van der Waals surface area contributed by atoms with Crippen LogP contribution in [-0.4, -0.2) is 41.9 Å². The summed E-state index contributed by atoms with van der Waals surface area (Å²) in [5, 5.41) is 0. The van der Waals surface area contributed by atoms with Crippen molar-refractivity contribution in [1.29, 1.82) is 0 Å². The summed E-state index contributed by atoms with van der Waals surface area (Å²) in [4.78, 5) is 30.2. The lowest BCUT2D eigenvalue weighted by Gasteiger charge is -2.45. The van der Waals surface area contributed by atoms with Gasteiger partial charge in [-0.3, -0.25) is 19.4 Å². The number of benzene rings is 1. The minimum Gasteiger partial charge on any atom is -0.289 e. The Balaban J connectivity index is 2.63. The minimum absolute atomic E-state index is 0.0145. The van der Waals surface area contributed by atoms with Crippen molar-refractivity contribution < 1.29 is 9.59 Å². The normalized spacial score (nSPS) is 17.8. The van der Waals surface area contributed by atoms with E-state index >= 15 is 0 Å². The molecule has 0 bridgehead atoms. The number of imide groups is 1. The molecule has 1 aromatic carbocycles. The first-order valence-corrected chi connectivity index (χ1v) is 9.54. The second-order valence-electron chi connectivity index (χ2n) is 7.41. The van der Waals surface area contributed by atoms with Crippen LogP contribution in [0.4, 0.5) is 0 Å². The molecule has 0 radical (unpaired) electrons. The standard InChI is InChI=1S/C21H32N2O2/c1-6-8-14-21(15-9-7-2)18-13-11-10-12-17(18)19(24)23(20(21)25)16(3)22(4)5/h10-13,16H,6-9,14-15H2,1-5H3. The fourth-order valence-corrected chi connectivity index (χ4v) is 3.79. The highest BCUT2D eigenvalue weighted by atomic mass is 16.2. The van der Waals surface area contributed by atoms with Gasteiger partial charge in [-0.25, -0.2) is 0 Å². The number of hydrogen-bond acceptors (Lipinski definition) is 3. The van der Waals surface area contributed by atoms with E-state index in [0.29, 0.717) is 5.56 Å². The maximum Gasteiger partial charge on any atom is 0.262 e. The lowest BCUT2D eigenvalue weighted by atomic mass is 9.68. The molecular weight excluding hydrogens is 312 g/mol. The summed E-state index contributed by atoms with van der Waals surface area (Å²) >= 11 is 0. The van der Waals surface area contributed by atoms with Gasteiger partial charge in [0.1, 0.15) is 0 Å². The van der Waals surface area contributed by atoms with E-state index in [9.17, 15) is 9.59 Å². The Labute approximate surface area is 152 Å². The van der Waals surface area contributed by atoms with Crippen LogP contribution in [0, 0.1) is 0 Å². The zero-order valence-electron chi connectivity index (χ0n) is 16.3. The molecule has 0 spiro atoms. The van der Waals surface area contributed by atoms with Gasteiger partial charge in [0.2, 0.25) is 5.91 Å². The van der Waals surface area contributed by atoms with Gasteiger partial charge in [-0.05, 0) is 45.5 Å². The predicted molar refractivity (Wildman–Crippen MR) is 101 cm³/mol. The highest BCUT2D eigenvalue weighted by Gasteiger charge is 2.50. The summed E-state index contributed by atoms with van der Waals surface area (Å²) in [5.74, 6) is -0.176. The van der Waals surface area contributed by atoms with Crippen molar-refractivity contribution in [2.24, 2.45) is 0 Å². The van der Waals surface area contributed by atoms with E-state index in [1.54, 1.807) is 0 Å². The van der Waals surface area contributed by atoms with Gasteiger partial charge in [0.05, 0.1) is 11.6 Å². The first-order chi connectivity index (χ1) is 11.9.